The van der Waals surface area contributed by atoms with Gasteiger partial charge in [0.1, 0.15) is 0 Å². The summed E-state index contributed by atoms with van der Waals surface area (Å²) in [6.45, 7) is 5.07. The van der Waals surface area contributed by atoms with Gasteiger partial charge in [-0.1, -0.05) is 18.2 Å². The summed E-state index contributed by atoms with van der Waals surface area (Å²) in [5.41, 5.74) is 7.30. The Labute approximate surface area is 142 Å². The van der Waals surface area contributed by atoms with Crippen molar-refractivity contribution in [2.45, 2.75) is 45.7 Å². The number of rotatable bonds is 4. The van der Waals surface area contributed by atoms with Gasteiger partial charge in [0.25, 0.3) is 0 Å². The monoisotopic (exact) mass is 321 g/mol. The van der Waals surface area contributed by atoms with Gasteiger partial charge in [0.2, 0.25) is 0 Å². The molecule has 1 atom stereocenters. The fourth-order valence-corrected chi connectivity index (χ4v) is 3.65. The SMILES string of the molecule is Cc1nn(-c2ccccc2)c(C)c1CNC1CCCc2[nH]ncc21. The first-order chi connectivity index (χ1) is 11.7. The third-order valence-corrected chi connectivity index (χ3v) is 5.01. The Morgan fingerprint density at radius 2 is 2.08 bits per heavy atom. The minimum absolute atomic E-state index is 0.381. The van der Waals surface area contributed by atoms with Gasteiger partial charge in [0.05, 0.1) is 17.6 Å². The van der Waals surface area contributed by atoms with Crippen LogP contribution in [0.1, 0.15) is 47.1 Å². The molecule has 5 heteroatoms. The van der Waals surface area contributed by atoms with Crippen molar-refractivity contribution in [1.29, 1.82) is 0 Å². The molecule has 2 aromatic heterocycles. The van der Waals surface area contributed by atoms with Gasteiger partial charge >= 0.3 is 0 Å². The molecule has 124 valence electrons. The average Bonchev–Trinajstić information content (AvgIpc) is 3.19. The molecule has 2 N–H and O–H groups in total. The number of aromatic amines is 1. The summed E-state index contributed by atoms with van der Waals surface area (Å²) in [6, 6.07) is 10.7. The largest absolute Gasteiger partial charge is 0.306 e. The first kappa shape index (κ1) is 15.1. The van der Waals surface area contributed by atoms with Crippen LogP contribution >= 0.6 is 0 Å². The van der Waals surface area contributed by atoms with Crippen LogP contribution in [-0.4, -0.2) is 20.0 Å². The number of fused-ring (bicyclic) bond motifs is 1. The van der Waals surface area contributed by atoms with E-state index in [2.05, 4.69) is 41.5 Å². The second-order valence-electron chi connectivity index (χ2n) is 6.53. The quantitative estimate of drug-likeness (QED) is 0.774. The molecule has 0 bridgehead atoms. The average molecular weight is 321 g/mol. The molecule has 0 fully saturated rings. The van der Waals surface area contributed by atoms with Crippen molar-refractivity contribution in [2.24, 2.45) is 0 Å². The van der Waals surface area contributed by atoms with E-state index in [1.54, 1.807) is 0 Å². The molecule has 1 aromatic carbocycles. The van der Waals surface area contributed by atoms with E-state index in [9.17, 15) is 0 Å². The van der Waals surface area contributed by atoms with Gasteiger partial charge in [-0.2, -0.15) is 10.2 Å². The lowest BCUT2D eigenvalue weighted by molar-refractivity contribution is 0.456. The van der Waals surface area contributed by atoms with Crippen LogP contribution in [0.15, 0.2) is 36.5 Å². The summed E-state index contributed by atoms with van der Waals surface area (Å²) in [6.07, 6.45) is 5.45. The fraction of sp³-hybridized carbons (Fsp3) is 0.368. The summed E-state index contributed by atoms with van der Waals surface area (Å²) < 4.78 is 2.04. The van der Waals surface area contributed by atoms with Gasteiger partial charge in [0.15, 0.2) is 0 Å². The van der Waals surface area contributed by atoms with Gasteiger partial charge in [-0.15, -0.1) is 0 Å². The van der Waals surface area contributed by atoms with Crippen LogP contribution in [0.5, 0.6) is 0 Å². The number of aryl methyl sites for hydroxylation is 2. The highest BCUT2D eigenvalue weighted by atomic mass is 15.3. The molecule has 0 aliphatic heterocycles. The predicted octanol–water partition coefficient (Wildman–Crippen LogP) is 3.38. The summed E-state index contributed by atoms with van der Waals surface area (Å²) >= 11 is 0. The minimum Gasteiger partial charge on any atom is -0.306 e. The Morgan fingerprint density at radius 3 is 2.92 bits per heavy atom. The number of nitrogens with one attached hydrogen (secondary N) is 2. The number of benzene rings is 1. The summed E-state index contributed by atoms with van der Waals surface area (Å²) in [7, 11) is 0. The first-order valence-corrected chi connectivity index (χ1v) is 8.60. The lowest BCUT2D eigenvalue weighted by atomic mass is 9.93. The zero-order valence-electron chi connectivity index (χ0n) is 14.2. The molecule has 2 heterocycles. The molecular formula is C19H23N5. The van der Waals surface area contributed by atoms with Crippen molar-refractivity contribution in [3.63, 3.8) is 0 Å². The van der Waals surface area contributed by atoms with Crippen LogP contribution in [-0.2, 0) is 13.0 Å². The maximum Gasteiger partial charge on any atom is 0.0648 e. The minimum atomic E-state index is 0.381. The molecule has 0 amide bonds. The molecule has 24 heavy (non-hydrogen) atoms. The van der Waals surface area contributed by atoms with E-state index in [0.29, 0.717) is 6.04 Å². The van der Waals surface area contributed by atoms with Gasteiger partial charge < -0.3 is 5.32 Å². The first-order valence-electron chi connectivity index (χ1n) is 8.60. The standard InChI is InChI=1S/C19H23N5/c1-13-16(14(2)24(23-13)15-7-4-3-5-8-15)11-20-18-9-6-10-19-17(18)12-21-22-19/h3-5,7-8,12,18,20H,6,9-11H2,1-2H3,(H,21,22). The van der Waals surface area contributed by atoms with E-state index < -0.39 is 0 Å². The van der Waals surface area contributed by atoms with Crippen LogP contribution in [0.2, 0.25) is 0 Å². The normalized spacial score (nSPS) is 17.0. The van der Waals surface area contributed by atoms with Crippen LogP contribution in [0.25, 0.3) is 5.69 Å². The maximum atomic E-state index is 4.74. The maximum absolute atomic E-state index is 4.74. The Balaban J connectivity index is 1.55. The number of para-hydroxylation sites is 1. The topological polar surface area (TPSA) is 58.5 Å². The summed E-state index contributed by atoms with van der Waals surface area (Å²) in [4.78, 5) is 0. The van der Waals surface area contributed by atoms with E-state index in [0.717, 1.165) is 30.8 Å². The third kappa shape index (κ3) is 2.65. The van der Waals surface area contributed by atoms with Crippen molar-refractivity contribution in [2.75, 3.05) is 0 Å². The number of aromatic nitrogens is 4. The molecule has 0 spiro atoms. The molecular weight excluding hydrogens is 298 g/mol. The molecule has 4 rings (SSSR count). The van der Waals surface area contributed by atoms with Gasteiger partial charge in [-0.25, -0.2) is 4.68 Å². The van der Waals surface area contributed by atoms with Crippen molar-refractivity contribution < 1.29 is 0 Å². The molecule has 0 saturated heterocycles. The van der Waals surface area contributed by atoms with E-state index in [4.69, 9.17) is 5.10 Å². The van der Waals surface area contributed by atoms with Crippen molar-refractivity contribution >= 4 is 0 Å². The molecule has 1 unspecified atom stereocenters. The zero-order valence-corrected chi connectivity index (χ0v) is 14.2. The molecule has 1 aliphatic rings. The number of hydrogen-bond acceptors (Lipinski definition) is 3. The zero-order chi connectivity index (χ0) is 16.5. The molecule has 5 nitrogen and oxygen atoms in total. The fourth-order valence-electron chi connectivity index (χ4n) is 3.65. The van der Waals surface area contributed by atoms with E-state index >= 15 is 0 Å². The van der Waals surface area contributed by atoms with Crippen molar-refractivity contribution in [3.05, 3.63) is 64.7 Å². The second kappa shape index (κ2) is 6.24. The number of H-pyrrole nitrogens is 1. The van der Waals surface area contributed by atoms with Crippen molar-refractivity contribution in [1.82, 2.24) is 25.3 Å². The van der Waals surface area contributed by atoms with Gasteiger partial charge in [-0.3, -0.25) is 5.10 Å². The van der Waals surface area contributed by atoms with Crippen molar-refractivity contribution in [3.8, 4) is 5.69 Å². The van der Waals surface area contributed by atoms with E-state index in [1.165, 1.54) is 28.9 Å². The third-order valence-electron chi connectivity index (χ3n) is 5.01. The smallest absolute Gasteiger partial charge is 0.0648 e. The summed E-state index contributed by atoms with van der Waals surface area (Å²) in [5, 5.41) is 15.8. The second-order valence-corrected chi connectivity index (χ2v) is 6.53. The van der Waals surface area contributed by atoms with Crippen LogP contribution in [0.4, 0.5) is 0 Å². The Morgan fingerprint density at radius 1 is 1.25 bits per heavy atom. The number of hydrogen-bond donors (Lipinski definition) is 2. The Bertz CT molecular complexity index is 831. The van der Waals surface area contributed by atoms with Crippen LogP contribution < -0.4 is 5.32 Å². The van der Waals surface area contributed by atoms with Gasteiger partial charge in [0, 0.05) is 35.1 Å². The summed E-state index contributed by atoms with van der Waals surface area (Å²) in [5.74, 6) is 0. The molecule has 1 aliphatic carbocycles. The predicted molar refractivity (Wildman–Crippen MR) is 94.1 cm³/mol. The lowest BCUT2D eigenvalue weighted by Gasteiger charge is -2.23. The Kier molecular flexibility index (Phi) is 3.94. The molecule has 3 aromatic rings. The molecule has 0 radical (unpaired) electrons. The number of nitrogens with zero attached hydrogens (tertiary/aromatic N) is 3. The highest BCUT2D eigenvalue weighted by molar-refractivity contribution is 5.37. The highest BCUT2D eigenvalue weighted by Gasteiger charge is 2.22. The van der Waals surface area contributed by atoms with E-state index in [-0.39, 0.29) is 0 Å². The Hall–Kier alpha value is -2.40. The molecule has 0 saturated carbocycles. The highest BCUT2D eigenvalue weighted by Crippen LogP contribution is 2.28. The lowest BCUT2D eigenvalue weighted by Crippen LogP contribution is -2.24. The van der Waals surface area contributed by atoms with E-state index in [1.807, 2.05) is 29.1 Å². The van der Waals surface area contributed by atoms with Gasteiger partial charge in [-0.05, 0) is 45.2 Å². The van der Waals surface area contributed by atoms with Crippen LogP contribution in [0, 0.1) is 13.8 Å². The van der Waals surface area contributed by atoms with Crippen LogP contribution in [0.3, 0.4) is 0 Å².